The Labute approximate surface area is 108 Å². The lowest BCUT2D eigenvalue weighted by atomic mass is 10.1. The molecule has 1 aliphatic rings. The molecule has 0 aromatic rings. The molecule has 5 heteroatoms. The number of ether oxygens (including phenoxy) is 2. The molecule has 0 aromatic heterocycles. The number of rotatable bonds is 2. The van der Waals surface area contributed by atoms with E-state index in [0.717, 1.165) is 6.42 Å². The monoisotopic (exact) mass is 257 g/mol. The van der Waals surface area contributed by atoms with Gasteiger partial charge >= 0.3 is 12.1 Å². The van der Waals surface area contributed by atoms with E-state index < -0.39 is 5.60 Å². The van der Waals surface area contributed by atoms with Gasteiger partial charge in [-0.05, 0) is 33.1 Å². The second-order valence-corrected chi connectivity index (χ2v) is 5.93. The lowest BCUT2D eigenvalue weighted by Crippen LogP contribution is -2.42. The van der Waals surface area contributed by atoms with Gasteiger partial charge in [-0.3, -0.25) is 4.79 Å². The lowest BCUT2D eigenvalue weighted by Gasteiger charge is -2.28. The minimum absolute atomic E-state index is 0.0706. The fourth-order valence-electron chi connectivity index (χ4n) is 2.07. The predicted molar refractivity (Wildman–Crippen MR) is 67.1 cm³/mol. The van der Waals surface area contributed by atoms with Crippen molar-refractivity contribution in [2.75, 3.05) is 13.2 Å². The molecule has 1 saturated heterocycles. The van der Waals surface area contributed by atoms with Gasteiger partial charge in [0.05, 0.1) is 6.04 Å². The Hall–Kier alpha value is -1.26. The summed E-state index contributed by atoms with van der Waals surface area (Å²) in [4.78, 5) is 24.5. The lowest BCUT2D eigenvalue weighted by molar-refractivity contribution is -0.142. The van der Waals surface area contributed by atoms with E-state index in [-0.39, 0.29) is 24.7 Å². The Kier molecular flexibility index (Phi) is 4.59. The van der Waals surface area contributed by atoms with Crippen LogP contribution in [0.25, 0.3) is 0 Å². The Morgan fingerprint density at radius 3 is 2.44 bits per heavy atom. The van der Waals surface area contributed by atoms with Gasteiger partial charge in [-0.15, -0.1) is 0 Å². The highest BCUT2D eigenvalue weighted by atomic mass is 16.6. The zero-order chi connectivity index (χ0) is 13.9. The Morgan fingerprint density at radius 1 is 1.33 bits per heavy atom. The van der Waals surface area contributed by atoms with Crippen LogP contribution < -0.4 is 0 Å². The van der Waals surface area contributed by atoms with Crippen molar-refractivity contribution in [1.82, 2.24) is 4.90 Å². The largest absolute Gasteiger partial charge is 0.464 e. The Balaban J connectivity index is 2.60. The van der Waals surface area contributed by atoms with Gasteiger partial charge < -0.3 is 14.4 Å². The molecule has 0 aliphatic carbocycles. The van der Waals surface area contributed by atoms with Gasteiger partial charge in [0.2, 0.25) is 0 Å². The van der Waals surface area contributed by atoms with Crippen LogP contribution in [0.4, 0.5) is 4.79 Å². The van der Waals surface area contributed by atoms with Crippen molar-refractivity contribution in [3.05, 3.63) is 0 Å². The zero-order valence-electron chi connectivity index (χ0n) is 11.9. The number of esters is 1. The van der Waals surface area contributed by atoms with Gasteiger partial charge in [0.25, 0.3) is 0 Å². The van der Waals surface area contributed by atoms with E-state index in [4.69, 9.17) is 9.47 Å². The highest BCUT2D eigenvalue weighted by molar-refractivity contribution is 5.69. The SMILES string of the molecule is CC(=O)OC[C@@H]1C[C@@H](C)CN1C(=O)OC(C)(C)C. The molecule has 0 aromatic carbocycles. The van der Waals surface area contributed by atoms with Crippen LogP contribution in [0.5, 0.6) is 0 Å². The maximum Gasteiger partial charge on any atom is 0.410 e. The number of nitrogens with zero attached hydrogens (tertiary/aromatic N) is 1. The molecule has 0 bridgehead atoms. The molecule has 1 amide bonds. The first-order valence-electron chi connectivity index (χ1n) is 6.32. The van der Waals surface area contributed by atoms with E-state index in [2.05, 4.69) is 6.92 Å². The average Bonchev–Trinajstić information content (AvgIpc) is 2.54. The van der Waals surface area contributed by atoms with Crippen molar-refractivity contribution < 1.29 is 19.1 Å². The smallest absolute Gasteiger partial charge is 0.410 e. The summed E-state index contributed by atoms with van der Waals surface area (Å²) in [5.74, 6) is 0.0803. The number of carbonyl (C=O) groups excluding carboxylic acids is 2. The predicted octanol–water partition coefficient (Wildman–Crippen LogP) is 2.20. The second kappa shape index (κ2) is 5.59. The number of likely N-dealkylation sites (tertiary alicyclic amines) is 1. The average molecular weight is 257 g/mol. The molecular weight excluding hydrogens is 234 g/mol. The number of hydrogen-bond donors (Lipinski definition) is 0. The number of amides is 1. The summed E-state index contributed by atoms with van der Waals surface area (Å²) in [6.45, 7) is 9.86. The molecule has 0 unspecified atom stereocenters. The maximum atomic E-state index is 12.0. The van der Waals surface area contributed by atoms with Gasteiger partial charge in [-0.1, -0.05) is 6.92 Å². The maximum absolute atomic E-state index is 12.0. The molecular formula is C13H23NO4. The third kappa shape index (κ3) is 4.55. The van der Waals surface area contributed by atoms with Gasteiger partial charge in [0.15, 0.2) is 0 Å². The highest BCUT2D eigenvalue weighted by Gasteiger charge is 2.36. The zero-order valence-corrected chi connectivity index (χ0v) is 11.9. The topological polar surface area (TPSA) is 55.8 Å². The van der Waals surface area contributed by atoms with Crippen molar-refractivity contribution in [3.8, 4) is 0 Å². The van der Waals surface area contributed by atoms with Crippen LogP contribution in [0.15, 0.2) is 0 Å². The Bertz CT molecular complexity index is 321. The van der Waals surface area contributed by atoms with E-state index in [9.17, 15) is 9.59 Å². The minimum Gasteiger partial charge on any atom is -0.464 e. The molecule has 18 heavy (non-hydrogen) atoms. The fraction of sp³-hybridized carbons (Fsp3) is 0.846. The van der Waals surface area contributed by atoms with E-state index >= 15 is 0 Å². The summed E-state index contributed by atoms with van der Waals surface area (Å²) in [7, 11) is 0. The van der Waals surface area contributed by atoms with Gasteiger partial charge in [-0.25, -0.2) is 4.79 Å². The summed E-state index contributed by atoms with van der Waals surface area (Å²) in [6, 6.07) is -0.0706. The molecule has 1 fully saturated rings. The highest BCUT2D eigenvalue weighted by Crippen LogP contribution is 2.25. The van der Waals surface area contributed by atoms with Crippen molar-refractivity contribution >= 4 is 12.1 Å². The van der Waals surface area contributed by atoms with Crippen LogP contribution in [-0.2, 0) is 14.3 Å². The van der Waals surface area contributed by atoms with Crippen LogP contribution in [0.2, 0.25) is 0 Å². The van der Waals surface area contributed by atoms with Crippen LogP contribution in [0, 0.1) is 5.92 Å². The normalized spacial score (nSPS) is 23.9. The van der Waals surface area contributed by atoms with Crippen molar-refractivity contribution in [3.63, 3.8) is 0 Å². The molecule has 1 aliphatic heterocycles. The first-order chi connectivity index (χ1) is 8.19. The quantitative estimate of drug-likeness (QED) is 0.712. The molecule has 1 heterocycles. The summed E-state index contributed by atoms with van der Waals surface area (Å²) >= 11 is 0. The van der Waals surface area contributed by atoms with Crippen molar-refractivity contribution in [2.45, 2.75) is 52.7 Å². The summed E-state index contributed by atoms with van der Waals surface area (Å²) < 4.78 is 10.3. The third-order valence-electron chi connectivity index (χ3n) is 2.73. The summed E-state index contributed by atoms with van der Waals surface area (Å²) in [5.41, 5.74) is -0.505. The van der Waals surface area contributed by atoms with E-state index in [0.29, 0.717) is 12.5 Å². The minimum atomic E-state index is -0.505. The van der Waals surface area contributed by atoms with Crippen LogP contribution in [0.1, 0.15) is 41.0 Å². The molecule has 0 N–H and O–H groups in total. The number of carbonyl (C=O) groups is 2. The molecule has 5 nitrogen and oxygen atoms in total. The molecule has 1 rings (SSSR count). The first-order valence-corrected chi connectivity index (χ1v) is 6.32. The summed E-state index contributed by atoms with van der Waals surface area (Å²) in [6.07, 6.45) is 0.510. The summed E-state index contributed by atoms with van der Waals surface area (Å²) in [5, 5.41) is 0. The molecule has 0 spiro atoms. The van der Waals surface area contributed by atoms with Gasteiger partial charge in [0.1, 0.15) is 12.2 Å². The molecule has 0 saturated carbocycles. The molecule has 104 valence electrons. The van der Waals surface area contributed by atoms with Crippen LogP contribution in [-0.4, -0.2) is 41.8 Å². The third-order valence-corrected chi connectivity index (χ3v) is 2.73. The van der Waals surface area contributed by atoms with Crippen LogP contribution >= 0.6 is 0 Å². The van der Waals surface area contributed by atoms with Crippen molar-refractivity contribution in [2.24, 2.45) is 5.92 Å². The molecule has 0 radical (unpaired) electrons. The van der Waals surface area contributed by atoms with E-state index in [1.54, 1.807) is 4.90 Å². The fourth-order valence-corrected chi connectivity index (χ4v) is 2.07. The van der Waals surface area contributed by atoms with E-state index in [1.807, 2.05) is 20.8 Å². The first kappa shape index (κ1) is 14.8. The number of hydrogen-bond acceptors (Lipinski definition) is 4. The van der Waals surface area contributed by atoms with Crippen molar-refractivity contribution in [1.29, 1.82) is 0 Å². The van der Waals surface area contributed by atoms with E-state index in [1.165, 1.54) is 6.92 Å². The standard InChI is InChI=1S/C13H23NO4/c1-9-6-11(8-17-10(2)15)14(7-9)12(16)18-13(3,4)5/h9,11H,6-8H2,1-5H3/t9-,11+/m1/s1. The van der Waals surface area contributed by atoms with Gasteiger partial charge in [-0.2, -0.15) is 0 Å². The Morgan fingerprint density at radius 2 is 1.94 bits per heavy atom. The second-order valence-electron chi connectivity index (χ2n) is 5.93. The van der Waals surface area contributed by atoms with Gasteiger partial charge in [0, 0.05) is 13.5 Å². The molecule has 2 atom stereocenters. The van der Waals surface area contributed by atoms with Crippen LogP contribution in [0.3, 0.4) is 0 Å².